The second kappa shape index (κ2) is 3.25. The molecule has 2 aliphatic heterocycles. The summed E-state index contributed by atoms with van der Waals surface area (Å²) in [5, 5.41) is 0. The molecule has 0 radical (unpaired) electrons. The van der Waals surface area contributed by atoms with Crippen LogP contribution in [0.2, 0.25) is 0 Å². The summed E-state index contributed by atoms with van der Waals surface area (Å²) in [4.78, 5) is 7.31. The van der Waals surface area contributed by atoms with Crippen LogP contribution in [0.1, 0.15) is 39.0 Å². The fraction of sp³-hybridized carbons (Fsp3) is 0.917. The van der Waals surface area contributed by atoms with E-state index >= 15 is 0 Å². The van der Waals surface area contributed by atoms with Crippen LogP contribution in [0, 0.1) is 11.8 Å². The molecule has 0 N–H and O–H groups in total. The Kier molecular flexibility index (Phi) is 2.03. The van der Waals surface area contributed by atoms with Crippen LogP contribution in [0.4, 0.5) is 0 Å². The standard InChI is InChI=1S/C12H20N2/c1-9-3-4-11-10(7-9)8-12-13-5-2-6-14(11)12/h9-11H,2-8H2,1H3. The molecule has 0 aromatic heterocycles. The predicted molar refractivity (Wildman–Crippen MR) is 58.5 cm³/mol. The molecular formula is C12H20N2. The minimum Gasteiger partial charge on any atom is -0.357 e. The molecule has 0 amide bonds. The van der Waals surface area contributed by atoms with E-state index in [0.717, 1.165) is 24.4 Å². The van der Waals surface area contributed by atoms with Gasteiger partial charge in [-0.15, -0.1) is 0 Å². The zero-order chi connectivity index (χ0) is 9.54. The molecule has 1 aliphatic carbocycles. The van der Waals surface area contributed by atoms with Crippen LogP contribution in [0.15, 0.2) is 4.99 Å². The normalized spacial score (nSPS) is 41.6. The summed E-state index contributed by atoms with van der Waals surface area (Å²) < 4.78 is 0. The Morgan fingerprint density at radius 1 is 1.36 bits per heavy atom. The van der Waals surface area contributed by atoms with Gasteiger partial charge in [-0.2, -0.15) is 0 Å². The quantitative estimate of drug-likeness (QED) is 0.575. The molecule has 2 heteroatoms. The highest BCUT2D eigenvalue weighted by molar-refractivity contribution is 5.85. The van der Waals surface area contributed by atoms with Crippen LogP contribution in [0.5, 0.6) is 0 Å². The Bertz CT molecular complexity index is 259. The van der Waals surface area contributed by atoms with Crippen molar-refractivity contribution in [2.45, 2.75) is 45.1 Å². The van der Waals surface area contributed by atoms with Crippen molar-refractivity contribution in [3.63, 3.8) is 0 Å². The monoisotopic (exact) mass is 192 g/mol. The Hall–Kier alpha value is -0.530. The third-order valence-corrected chi connectivity index (χ3v) is 4.23. The van der Waals surface area contributed by atoms with Gasteiger partial charge in [-0.05, 0) is 37.5 Å². The van der Waals surface area contributed by atoms with Crippen LogP contribution in [0.3, 0.4) is 0 Å². The summed E-state index contributed by atoms with van der Waals surface area (Å²) in [6.07, 6.45) is 6.87. The van der Waals surface area contributed by atoms with Gasteiger partial charge >= 0.3 is 0 Å². The lowest BCUT2D eigenvalue weighted by Gasteiger charge is -2.36. The van der Waals surface area contributed by atoms with Gasteiger partial charge in [0, 0.05) is 25.6 Å². The molecule has 1 saturated heterocycles. The van der Waals surface area contributed by atoms with Gasteiger partial charge in [-0.1, -0.05) is 6.92 Å². The molecule has 2 fully saturated rings. The van der Waals surface area contributed by atoms with Crippen molar-refractivity contribution in [2.24, 2.45) is 16.8 Å². The number of nitrogens with zero attached hydrogens (tertiary/aromatic N) is 2. The summed E-state index contributed by atoms with van der Waals surface area (Å²) >= 11 is 0. The average Bonchev–Trinajstić information content (AvgIpc) is 2.54. The van der Waals surface area contributed by atoms with E-state index in [0.29, 0.717) is 0 Å². The molecule has 0 bridgehead atoms. The number of hydrogen-bond acceptors (Lipinski definition) is 2. The summed E-state index contributed by atoms with van der Waals surface area (Å²) in [6, 6.07) is 0.866. The first kappa shape index (κ1) is 8.75. The zero-order valence-corrected chi connectivity index (χ0v) is 9.08. The van der Waals surface area contributed by atoms with Gasteiger partial charge in [0.05, 0.1) is 5.84 Å². The third-order valence-electron chi connectivity index (χ3n) is 4.23. The van der Waals surface area contributed by atoms with E-state index in [-0.39, 0.29) is 0 Å². The van der Waals surface area contributed by atoms with E-state index < -0.39 is 0 Å². The fourth-order valence-electron chi connectivity index (χ4n) is 3.56. The molecule has 0 aromatic rings. The molecule has 78 valence electrons. The van der Waals surface area contributed by atoms with Gasteiger partial charge in [-0.3, -0.25) is 4.99 Å². The third kappa shape index (κ3) is 1.27. The van der Waals surface area contributed by atoms with Crippen molar-refractivity contribution in [3.8, 4) is 0 Å². The summed E-state index contributed by atoms with van der Waals surface area (Å²) in [5.74, 6) is 3.34. The van der Waals surface area contributed by atoms with Crippen molar-refractivity contribution >= 4 is 5.84 Å². The van der Waals surface area contributed by atoms with Crippen LogP contribution in [-0.2, 0) is 0 Å². The first-order valence-corrected chi connectivity index (χ1v) is 6.14. The number of amidine groups is 1. The van der Waals surface area contributed by atoms with Crippen LogP contribution in [0.25, 0.3) is 0 Å². The Morgan fingerprint density at radius 3 is 3.21 bits per heavy atom. The van der Waals surface area contributed by atoms with E-state index in [2.05, 4.69) is 16.8 Å². The molecule has 0 spiro atoms. The molecule has 2 heterocycles. The SMILES string of the molecule is CC1CCC2C(CC3=NCCCN32)C1. The van der Waals surface area contributed by atoms with Gasteiger partial charge in [0.1, 0.15) is 0 Å². The number of aliphatic imine (C=N–C) groups is 1. The Morgan fingerprint density at radius 2 is 2.29 bits per heavy atom. The van der Waals surface area contributed by atoms with Crippen molar-refractivity contribution < 1.29 is 0 Å². The van der Waals surface area contributed by atoms with Crippen LogP contribution < -0.4 is 0 Å². The van der Waals surface area contributed by atoms with E-state index in [9.17, 15) is 0 Å². The molecule has 3 unspecified atom stereocenters. The lowest BCUT2D eigenvalue weighted by atomic mass is 9.79. The Labute approximate surface area is 86.4 Å². The molecule has 1 saturated carbocycles. The highest BCUT2D eigenvalue weighted by atomic mass is 15.3. The topological polar surface area (TPSA) is 15.6 Å². The van der Waals surface area contributed by atoms with Gasteiger partial charge in [0.15, 0.2) is 0 Å². The molecule has 3 rings (SSSR count). The predicted octanol–water partition coefficient (Wildman–Crippen LogP) is 2.30. The number of hydrogen-bond donors (Lipinski definition) is 0. The van der Waals surface area contributed by atoms with Crippen LogP contribution in [-0.4, -0.2) is 29.9 Å². The molecule has 0 aromatic carbocycles. The second-order valence-corrected chi connectivity index (χ2v) is 5.29. The summed E-state index contributed by atoms with van der Waals surface area (Å²) in [7, 11) is 0. The first-order valence-electron chi connectivity index (χ1n) is 6.14. The fourth-order valence-corrected chi connectivity index (χ4v) is 3.56. The van der Waals surface area contributed by atoms with Gasteiger partial charge in [0.25, 0.3) is 0 Å². The molecule has 3 atom stereocenters. The second-order valence-electron chi connectivity index (χ2n) is 5.29. The minimum atomic E-state index is 0.866. The maximum Gasteiger partial charge on any atom is 0.0995 e. The molecule has 14 heavy (non-hydrogen) atoms. The largest absolute Gasteiger partial charge is 0.357 e. The lowest BCUT2D eigenvalue weighted by Crippen LogP contribution is -2.40. The van der Waals surface area contributed by atoms with E-state index in [1.165, 1.54) is 44.5 Å². The zero-order valence-electron chi connectivity index (χ0n) is 9.08. The number of fused-ring (bicyclic) bond motifs is 3. The van der Waals surface area contributed by atoms with Crippen molar-refractivity contribution in [2.75, 3.05) is 13.1 Å². The van der Waals surface area contributed by atoms with Gasteiger partial charge in [0.2, 0.25) is 0 Å². The first-order chi connectivity index (χ1) is 6.84. The van der Waals surface area contributed by atoms with E-state index in [1.807, 2.05) is 0 Å². The van der Waals surface area contributed by atoms with Crippen molar-refractivity contribution in [1.82, 2.24) is 4.90 Å². The maximum absolute atomic E-state index is 4.68. The summed E-state index contributed by atoms with van der Waals surface area (Å²) in [6.45, 7) is 4.78. The average molecular weight is 192 g/mol. The van der Waals surface area contributed by atoms with E-state index in [1.54, 1.807) is 0 Å². The molecule has 3 aliphatic rings. The smallest absolute Gasteiger partial charge is 0.0995 e. The molecule has 2 nitrogen and oxygen atoms in total. The lowest BCUT2D eigenvalue weighted by molar-refractivity contribution is 0.177. The number of rotatable bonds is 0. The molecular weight excluding hydrogens is 172 g/mol. The highest BCUT2D eigenvalue weighted by Gasteiger charge is 2.41. The Balaban J connectivity index is 1.81. The van der Waals surface area contributed by atoms with Crippen molar-refractivity contribution in [3.05, 3.63) is 0 Å². The van der Waals surface area contributed by atoms with Gasteiger partial charge < -0.3 is 4.90 Å². The maximum atomic E-state index is 4.68. The van der Waals surface area contributed by atoms with Crippen molar-refractivity contribution in [1.29, 1.82) is 0 Å². The van der Waals surface area contributed by atoms with Gasteiger partial charge in [-0.25, -0.2) is 0 Å². The van der Waals surface area contributed by atoms with E-state index in [4.69, 9.17) is 0 Å². The van der Waals surface area contributed by atoms with Crippen LogP contribution >= 0.6 is 0 Å². The minimum absolute atomic E-state index is 0.866. The highest BCUT2D eigenvalue weighted by Crippen LogP contribution is 2.40. The summed E-state index contributed by atoms with van der Waals surface area (Å²) in [5.41, 5.74) is 0.